The first kappa shape index (κ1) is 17.0. The number of fused-ring (bicyclic) bond motifs is 1. The summed E-state index contributed by atoms with van der Waals surface area (Å²) in [5, 5.41) is 1.61. The van der Waals surface area contributed by atoms with Gasteiger partial charge in [-0.1, -0.05) is 29.8 Å². The molecule has 6 heteroatoms. The molecule has 0 radical (unpaired) electrons. The lowest BCUT2D eigenvalue weighted by Crippen LogP contribution is -2.28. The van der Waals surface area contributed by atoms with Crippen molar-refractivity contribution in [2.75, 3.05) is 0 Å². The number of rotatable bonds is 5. The molecule has 24 heavy (non-hydrogen) atoms. The third kappa shape index (κ3) is 3.20. The molecule has 0 aliphatic carbocycles. The fraction of sp³-hybridized carbons (Fsp3) is 0.222. The Balaban J connectivity index is 1.95. The van der Waals surface area contributed by atoms with Gasteiger partial charge in [0.1, 0.15) is 0 Å². The SMILES string of the molecule is CCn1c(C(C)NS(=O)(=O)c2ccc(Cl)cc2)cc2ccccc21. The van der Waals surface area contributed by atoms with E-state index >= 15 is 0 Å². The second kappa shape index (κ2) is 6.59. The lowest BCUT2D eigenvalue weighted by atomic mass is 10.2. The Labute approximate surface area is 147 Å². The number of nitrogens with one attached hydrogen (secondary N) is 1. The minimum Gasteiger partial charge on any atom is -0.343 e. The zero-order valence-electron chi connectivity index (χ0n) is 13.5. The van der Waals surface area contributed by atoms with Gasteiger partial charge in [0, 0.05) is 22.8 Å². The summed E-state index contributed by atoms with van der Waals surface area (Å²) in [5.41, 5.74) is 2.05. The van der Waals surface area contributed by atoms with Gasteiger partial charge in [-0.3, -0.25) is 0 Å². The topological polar surface area (TPSA) is 51.1 Å². The van der Waals surface area contributed by atoms with Crippen LogP contribution in [0.15, 0.2) is 59.5 Å². The van der Waals surface area contributed by atoms with E-state index in [1.807, 2.05) is 37.3 Å². The normalized spacial score (nSPS) is 13.3. The number of benzene rings is 2. The zero-order chi connectivity index (χ0) is 17.3. The summed E-state index contributed by atoms with van der Waals surface area (Å²) in [6, 6.07) is 15.9. The van der Waals surface area contributed by atoms with E-state index in [0.717, 1.165) is 23.1 Å². The number of para-hydroxylation sites is 1. The molecule has 0 amide bonds. The van der Waals surface area contributed by atoms with Crippen LogP contribution in [0.1, 0.15) is 25.6 Å². The van der Waals surface area contributed by atoms with Crippen LogP contribution < -0.4 is 4.72 Å². The maximum atomic E-state index is 12.6. The minimum atomic E-state index is -3.61. The van der Waals surface area contributed by atoms with Crippen LogP contribution in [0.4, 0.5) is 0 Å². The van der Waals surface area contributed by atoms with Gasteiger partial charge in [-0.2, -0.15) is 0 Å². The third-order valence-corrected chi connectivity index (χ3v) is 5.87. The van der Waals surface area contributed by atoms with E-state index in [0.29, 0.717) is 5.02 Å². The Morgan fingerprint density at radius 1 is 1.12 bits per heavy atom. The van der Waals surface area contributed by atoms with Crippen molar-refractivity contribution in [3.8, 4) is 0 Å². The maximum Gasteiger partial charge on any atom is 0.241 e. The molecule has 0 saturated carbocycles. The van der Waals surface area contributed by atoms with Crippen molar-refractivity contribution < 1.29 is 8.42 Å². The summed E-state index contributed by atoms with van der Waals surface area (Å²) in [6.45, 7) is 4.68. The number of hydrogen-bond acceptors (Lipinski definition) is 2. The molecule has 126 valence electrons. The maximum absolute atomic E-state index is 12.6. The van der Waals surface area contributed by atoms with Crippen molar-refractivity contribution in [3.05, 3.63) is 65.3 Å². The van der Waals surface area contributed by atoms with Gasteiger partial charge in [0.05, 0.1) is 10.9 Å². The Morgan fingerprint density at radius 2 is 1.79 bits per heavy atom. The van der Waals surface area contributed by atoms with Crippen LogP contribution in [-0.2, 0) is 16.6 Å². The van der Waals surface area contributed by atoms with Crippen LogP contribution in [-0.4, -0.2) is 13.0 Å². The van der Waals surface area contributed by atoms with Gasteiger partial charge in [-0.05, 0) is 55.6 Å². The second-order valence-electron chi connectivity index (χ2n) is 5.67. The first-order chi connectivity index (χ1) is 11.4. The third-order valence-electron chi connectivity index (χ3n) is 4.06. The van der Waals surface area contributed by atoms with Crippen LogP contribution in [0.3, 0.4) is 0 Å². The van der Waals surface area contributed by atoms with Crippen molar-refractivity contribution in [2.45, 2.75) is 31.3 Å². The minimum absolute atomic E-state index is 0.206. The smallest absolute Gasteiger partial charge is 0.241 e. The molecule has 4 nitrogen and oxygen atoms in total. The van der Waals surface area contributed by atoms with E-state index in [1.54, 1.807) is 12.1 Å². The zero-order valence-corrected chi connectivity index (χ0v) is 15.1. The quantitative estimate of drug-likeness (QED) is 0.733. The molecule has 0 aliphatic heterocycles. The van der Waals surface area contributed by atoms with Gasteiger partial charge in [0.25, 0.3) is 0 Å². The van der Waals surface area contributed by atoms with Crippen molar-refractivity contribution >= 4 is 32.5 Å². The molecule has 1 unspecified atom stereocenters. The molecule has 0 aliphatic rings. The van der Waals surface area contributed by atoms with E-state index in [4.69, 9.17) is 11.6 Å². The molecule has 1 atom stereocenters. The molecule has 2 aromatic carbocycles. The van der Waals surface area contributed by atoms with Crippen LogP contribution in [0.25, 0.3) is 10.9 Å². The van der Waals surface area contributed by atoms with E-state index in [1.165, 1.54) is 12.1 Å². The lowest BCUT2D eigenvalue weighted by molar-refractivity contribution is 0.556. The average Bonchev–Trinajstić information content (AvgIpc) is 2.93. The molecule has 0 fully saturated rings. The first-order valence-corrected chi connectivity index (χ1v) is 9.64. The van der Waals surface area contributed by atoms with E-state index < -0.39 is 10.0 Å². The van der Waals surface area contributed by atoms with Gasteiger partial charge in [0.2, 0.25) is 10.0 Å². The number of halogens is 1. The van der Waals surface area contributed by atoms with Gasteiger partial charge >= 0.3 is 0 Å². The summed E-state index contributed by atoms with van der Waals surface area (Å²) < 4.78 is 30.0. The molecular formula is C18H19ClN2O2S. The van der Waals surface area contributed by atoms with Crippen molar-refractivity contribution in [2.24, 2.45) is 0 Å². The summed E-state index contributed by atoms with van der Waals surface area (Å²) >= 11 is 5.83. The predicted octanol–water partition coefficient (Wildman–Crippen LogP) is 4.35. The summed E-state index contributed by atoms with van der Waals surface area (Å²) in [4.78, 5) is 0.206. The van der Waals surface area contributed by atoms with Crippen molar-refractivity contribution in [1.82, 2.24) is 9.29 Å². The summed E-state index contributed by atoms with van der Waals surface area (Å²) in [7, 11) is -3.61. The highest BCUT2D eigenvalue weighted by molar-refractivity contribution is 7.89. The Kier molecular flexibility index (Phi) is 4.67. The molecule has 0 saturated heterocycles. The molecular weight excluding hydrogens is 344 g/mol. The van der Waals surface area contributed by atoms with Crippen LogP contribution >= 0.6 is 11.6 Å². The average molecular weight is 363 g/mol. The number of hydrogen-bond donors (Lipinski definition) is 1. The second-order valence-corrected chi connectivity index (χ2v) is 7.82. The van der Waals surface area contributed by atoms with Crippen LogP contribution in [0.5, 0.6) is 0 Å². The van der Waals surface area contributed by atoms with Gasteiger partial charge in [-0.15, -0.1) is 0 Å². The molecule has 0 bridgehead atoms. The standard InChI is InChI=1S/C18H19ClN2O2S/c1-3-21-17-7-5-4-6-14(17)12-18(21)13(2)20-24(22,23)16-10-8-15(19)9-11-16/h4-13,20H,3H2,1-2H3. The first-order valence-electron chi connectivity index (χ1n) is 7.78. The highest BCUT2D eigenvalue weighted by atomic mass is 35.5. The highest BCUT2D eigenvalue weighted by Crippen LogP contribution is 2.25. The summed E-state index contributed by atoms with van der Waals surface area (Å²) in [5.74, 6) is 0. The Bertz CT molecular complexity index is 962. The number of nitrogens with zero attached hydrogens (tertiary/aromatic N) is 1. The fourth-order valence-corrected chi connectivity index (χ4v) is 4.26. The number of aryl methyl sites for hydroxylation is 1. The van der Waals surface area contributed by atoms with Gasteiger partial charge in [-0.25, -0.2) is 13.1 Å². The van der Waals surface area contributed by atoms with Gasteiger partial charge in [0.15, 0.2) is 0 Å². The lowest BCUT2D eigenvalue weighted by Gasteiger charge is -2.17. The molecule has 3 rings (SSSR count). The number of sulfonamides is 1. The molecule has 1 N–H and O–H groups in total. The monoisotopic (exact) mass is 362 g/mol. The Morgan fingerprint density at radius 3 is 2.46 bits per heavy atom. The van der Waals surface area contributed by atoms with E-state index in [-0.39, 0.29) is 10.9 Å². The van der Waals surface area contributed by atoms with E-state index in [9.17, 15) is 8.42 Å². The number of aromatic nitrogens is 1. The largest absolute Gasteiger partial charge is 0.343 e. The summed E-state index contributed by atoms with van der Waals surface area (Å²) in [6.07, 6.45) is 0. The molecule has 0 spiro atoms. The highest BCUT2D eigenvalue weighted by Gasteiger charge is 2.21. The van der Waals surface area contributed by atoms with Crippen molar-refractivity contribution in [3.63, 3.8) is 0 Å². The Hall–Kier alpha value is -1.82. The molecule has 1 aromatic heterocycles. The van der Waals surface area contributed by atoms with E-state index in [2.05, 4.69) is 16.2 Å². The molecule has 3 aromatic rings. The van der Waals surface area contributed by atoms with Crippen molar-refractivity contribution in [1.29, 1.82) is 0 Å². The molecule has 1 heterocycles. The predicted molar refractivity (Wildman–Crippen MR) is 97.8 cm³/mol. The fourth-order valence-electron chi connectivity index (χ4n) is 2.92. The van der Waals surface area contributed by atoms with Gasteiger partial charge < -0.3 is 4.57 Å². The van der Waals surface area contributed by atoms with Crippen LogP contribution in [0.2, 0.25) is 5.02 Å². The van der Waals surface area contributed by atoms with Crippen LogP contribution in [0, 0.1) is 0 Å².